The molecule has 0 N–H and O–H groups in total. The van der Waals surface area contributed by atoms with Crippen molar-refractivity contribution in [2.75, 3.05) is 38.2 Å². The summed E-state index contributed by atoms with van der Waals surface area (Å²) in [6.45, 7) is 10.2. The van der Waals surface area contributed by atoms with Gasteiger partial charge in [-0.25, -0.2) is 19.6 Å². The molecule has 3 amide bonds. The van der Waals surface area contributed by atoms with Gasteiger partial charge < -0.3 is 14.5 Å². The second-order valence-corrected chi connectivity index (χ2v) is 8.87. The van der Waals surface area contributed by atoms with Crippen molar-refractivity contribution in [3.05, 3.63) is 18.1 Å². The molecule has 2 fully saturated rings. The van der Waals surface area contributed by atoms with Crippen molar-refractivity contribution in [1.82, 2.24) is 19.8 Å². The molecule has 164 valence electrons. The summed E-state index contributed by atoms with van der Waals surface area (Å²) < 4.78 is 4.73. The predicted octanol–water partition coefficient (Wildman–Crippen LogP) is 2.18. The zero-order valence-corrected chi connectivity index (χ0v) is 18.4. The van der Waals surface area contributed by atoms with E-state index < -0.39 is 11.5 Å². The molecule has 9 heteroatoms. The lowest BCUT2D eigenvalue weighted by atomic mass is 9.85. The minimum Gasteiger partial charge on any atom is -0.464 e. The molecule has 0 radical (unpaired) electrons. The highest BCUT2D eigenvalue weighted by Gasteiger charge is 2.57. The summed E-state index contributed by atoms with van der Waals surface area (Å²) in [4.78, 5) is 51.8. The maximum atomic E-state index is 13.4. The fourth-order valence-electron chi connectivity index (χ4n) is 4.25. The van der Waals surface area contributed by atoms with Crippen molar-refractivity contribution in [2.24, 2.45) is 11.8 Å². The van der Waals surface area contributed by atoms with Gasteiger partial charge in [0.05, 0.1) is 7.11 Å². The molecular formula is C21H31N5O4. The lowest BCUT2D eigenvalue weighted by Gasteiger charge is -2.43. The first kappa shape index (κ1) is 22.0. The van der Waals surface area contributed by atoms with E-state index in [-0.39, 0.29) is 29.5 Å². The largest absolute Gasteiger partial charge is 0.464 e. The van der Waals surface area contributed by atoms with E-state index in [0.29, 0.717) is 44.8 Å². The Bertz CT molecular complexity index is 817. The molecule has 0 aromatic carbocycles. The average molecular weight is 418 g/mol. The van der Waals surface area contributed by atoms with Gasteiger partial charge in [-0.3, -0.25) is 9.69 Å². The van der Waals surface area contributed by atoms with Crippen LogP contribution in [0.4, 0.5) is 10.6 Å². The number of piperidine rings is 1. The van der Waals surface area contributed by atoms with E-state index in [0.717, 1.165) is 0 Å². The summed E-state index contributed by atoms with van der Waals surface area (Å²) in [5, 5.41) is 0. The zero-order chi connectivity index (χ0) is 22.1. The number of nitrogens with zero attached hydrogens (tertiary/aromatic N) is 5. The first-order chi connectivity index (χ1) is 14.2. The van der Waals surface area contributed by atoms with Crippen molar-refractivity contribution >= 4 is 23.7 Å². The fourth-order valence-corrected chi connectivity index (χ4v) is 4.25. The molecule has 1 aromatic heterocycles. The van der Waals surface area contributed by atoms with E-state index in [1.54, 1.807) is 11.0 Å². The number of hydrogen-bond donors (Lipinski definition) is 0. The quantitative estimate of drug-likeness (QED) is 0.517. The van der Waals surface area contributed by atoms with Crippen molar-refractivity contribution < 1.29 is 19.1 Å². The van der Waals surface area contributed by atoms with Crippen molar-refractivity contribution in [1.29, 1.82) is 0 Å². The van der Waals surface area contributed by atoms with Gasteiger partial charge in [-0.05, 0) is 24.7 Å². The third-order valence-electron chi connectivity index (χ3n) is 5.68. The van der Waals surface area contributed by atoms with Crippen LogP contribution < -0.4 is 4.90 Å². The average Bonchev–Trinajstić information content (AvgIpc) is 2.90. The molecule has 3 heterocycles. The van der Waals surface area contributed by atoms with Crippen LogP contribution in [0.15, 0.2) is 12.4 Å². The van der Waals surface area contributed by atoms with E-state index >= 15 is 0 Å². The van der Waals surface area contributed by atoms with Crippen LogP contribution in [0.3, 0.4) is 0 Å². The van der Waals surface area contributed by atoms with Crippen molar-refractivity contribution in [3.8, 4) is 0 Å². The Labute approximate surface area is 177 Å². The molecule has 0 atom stereocenters. The van der Waals surface area contributed by atoms with Crippen LogP contribution in [-0.2, 0) is 9.53 Å². The highest BCUT2D eigenvalue weighted by Crippen LogP contribution is 2.39. The molecule has 9 nitrogen and oxygen atoms in total. The topological polar surface area (TPSA) is 95.9 Å². The minimum absolute atomic E-state index is 0.0839. The van der Waals surface area contributed by atoms with Crippen molar-refractivity contribution in [2.45, 2.75) is 46.1 Å². The number of esters is 1. The Morgan fingerprint density at radius 1 is 1.10 bits per heavy atom. The van der Waals surface area contributed by atoms with Crippen LogP contribution in [0.25, 0.3) is 0 Å². The minimum atomic E-state index is -0.801. The normalized spacial score (nSPS) is 18.8. The second kappa shape index (κ2) is 8.57. The highest BCUT2D eigenvalue weighted by molar-refractivity contribution is 6.07. The van der Waals surface area contributed by atoms with Gasteiger partial charge in [-0.2, -0.15) is 0 Å². The van der Waals surface area contributed by atoms with Crippen LogP contribution in [0.5, 0.6) is 0 Å². The smallest absolute Gasteiger partial charge is 0.356 e. The van der Waals surface area contributed by atoms with Gasteiger partial charge in [0.2, 0.25) is 0 Å². The third-order valence-corrected chi connectivity index (χ3v) is 5.68. The number of urea groups is 1. The van der Waals surface area contributed by atoms with E-state index in [4.69, 9.17) is 4.74 Å². The van der Waals surface area contributed by atoms with E-state index in [2.05, 4.69) is 23.8 Å². The standard InChI is InChI=1S/C21H31N5O4/c1-14(2)11-25-19(28)21(26(20(25)29)12-15(3)4)6-8-24(9-7-21)17-10-16(18(27)30-5)22-13-23-17/h10,13-15H,6-9,11-12H2,1-5H3. The van der Waals surface area contributed by atoms with Gasteiger partial charge in [0.25, 0.3) is 5.91 Å². The molecule has 0 saturated carbocycles. The Hall–Kier alpha value is -2.71. The molecular weight excluding hydrogens is 386 g/mol. The SMILES string of the molecule is COC(=O)c1cc(N2CCC3(CC2)C(=O)N(CC(C)C)C(=O)N3CC(C)C)ncn1. The summed E-state index contributed by atoms with van der Waals surface area (Å²) in [7, 11) is 1.31. The number of carbonyl (C=O) groups is 3. The van der Waals surface area contributed by atoms with E-state index in [1.165, 1.54) is 18.3 Å². The van der Waals surface area contributed by atoms with Gasteiger partial charge in [-0.15, -0.1) is 0 Å². The number of hydrogen-bond acceptors (Lipinski definition) is 7. The summed E-state index contributed by atoms with van der Waals surface area (Å²) >= 11 is 0. The number of methoxy groups -OCH3 is 1. The predicted molar refractivity (Wildman–Crippen MR) is 111 cm³/mol. The highest BCUT2D eigenvalue weighted by atomic mass is 16.5. The summed E-state index contributed by atoms with van der Waals surface area (Å²) in [5.41, 5.74) is -0.607. The Balaban J connectivity index is 1.82. The second-order valence-electron chi connectivity index (χ2n) is 8.87. The van der Waals surface area contributed by atoms with Crippen LogP contribution in [0, 0.1) is 11.8 Å². The molecule has 0 unspecified atom stereocenters. The molecule has 0 bridgehead atoms. The number of anilines is 1. The lowest BCUT2D eigenvalue weighted by Crippen LogP contribution is -2.57. The summed E-state index contributed by atoms with van der Waals surface area (Å²) in [5.74, 6) is 0.494. The molecule has 2 aliphatic heterocycles. The Kier molecular flexibility index (Phi) is 6.28. The number of ether oxygens (including phenoxy) is 1. The summed E-state index contributed by atoms with van der Waals surface area (Å²) in [6, 6.07) is 1.42. The van der Waals surface area contributed by atoms with Crippen molar-refractivity contribution in [3.63, 3.8) is 0 Å². The fraction of sp³-hybridized carbons (Fsp3) is 0.667. The van der Waals surface area contributed by atoms with Gasteiger partial charge in [0.1, 0.15) is 17.7 Å². The Morgan fingerprint density at radius 3 is 2.30 bits per heavy atom. The molecule has 0 aliphatic carbocycles. The zero-order valence-electron chi connectivity index (χ0n) is 18.4. The lowest BCUT2D eigenvalue weighted by molar-refractivity contribution is -0.134. The number of aromatic nitrogens is 2. The van der Waals surface area contributed by atoms with Gasteiger partial charge in [0.15, 0.2) is 5.69 Å². The molecule has 2 aliphatic rings. The van der Waals surface area contributed by atoms with Gasteiger partial charge >= 0.3 is 12.0 Å². The third kappa shape index (κ3) is 3.97. The molecule has 1 aromatic rings. The van der Waals surface area contributed by atoms with Gasteiger partial charge in [-0.1, -0.05) is 27.7 Å². The maximum Gasteiger partial charge on any atom is 0.356 e. The molecule has 3 rings (SSSR count). The number of imide groups is 1. The van der Waals surface area contributed by atoms with Crippen LogP contribution >= 0.6 is 0 Å². The maximum absolute atomic E-state index is 13.4. The van der Waals surface area contributed by atoms with E-state index in [1.807, 2.05) is 18.7 Å². The Morgan fingerprint density at radius 2 is 1.73 bits per heavy atom. The van der Waals surface area contributed by atoms with Crippen LogP contribution in [0.2, 0.25) is 0 Å². The van der Waals surface area contributed by atoms with E-state index in [9.17, 15) is 14.4 Å². The molecule has 30 heavy (non-hydrogen) atoms. The number of amides is 3. The van der Waals surface area contributed by atoms with Crippen LogP contribution in [-0.4, -0.2) is 76.5 Å². The number of carbonyl (C=O) groups excluding carboxylic acids is 3. The number of rotatable bonds is 6. The first-order valence-corrected chi connectivity index (χ1v) is 10.5. The molecule has 2 saturated heterocycles. The summed E-state index contributed by atoms with van der Waals surface area (Å²) in [6.07, 6.45) is 2.39. The first-order valence-electron chi connectivity index (χ1n) is 10.5. The molecule has 1 spiro atoms. The van der Waals surface area contributed by atoms with Crippen LogP contribution in [0.1, 0.15) is 51.0 Å². The monoisotopic (exact) mass is 417 g/mol. The van der Waals surface area contributed by atoms with Gasteiger partial charge in [0, 0.05) is 32.2 Å².